The largest absolute Gasteiger partial charge is 1.00 e. The molecule has 0 radical (unpaired) electrons. The van der Waals surface area contributed by atoms with Crippen molar-refractivity contribution in [3.8, 4) is 5.75 Å². The number of hydrogen-bond donors (Lipinski definition) is 1. The van der Waals surface area contributed by atoms with E-state index in [0.717, 1.165) is 10.8 Å². The second-order valence-corrected chi connectivity index (χ2v) is 4.73. The van der Waals surface area contributed by atoms with E-state index in [4.69, 9.17) is 12.6 Å². The predicted octanol–water partition coefficient (Wildman–Crippen LogP) is 0.761. The summed E-state index contributed by atoms with van der Waals surface area (Å²) in [5.74, 6) is 0.127. The van der Waals surface area contributed by atoms with Gasteiger partial charge in [-0.3, -0.25) is 0 Å². The Morgan fingerprint density at radius 3 is 2.29 bits per heavy atom. The number of phenolic OH excluding ortho intramolecular Hbond substituents is 1. The van der Waals surface area contributed by atoms with Crippen LogP contribution in [-0.2, 0) is 10.6 Å². The fourth-order valence-electron chi connectivity index (χ4n) is 1.90. The van der Waals surface area contributed by atoms with E-state index in [9.17, 15) is 5.11 Å². The summed E-state index contributed by atoms with van der Waals surface area (Å²) in [4.78, 5) is 0. The van der Waals surface area contributed by atoms with Crippen LogP contribution < -0.4 is 29.6 Å². The van der Waals surface area contributed by atoms with Crippen LogP contribution in [0.25, 0.3) is 10.8 Å². The van der Waals surface area contributed by atoms with Crippen molar-refractivity contribution in [1.82, 2.24) is 0 Å². The molecular formula is C16H11N2NaO4S. The van der Waals surface area contributed by atoms with E-state index in [1.165, 1.54) is 0 Å². The number of hydrogen-bond acceptors (Lipinski definition) is 6. The zero-order chi connectivity index (χ0) is 16.7. The van der Waals surface area contributed by atoms with Crippen LogP contribution >= 0.6 is 0 Å². The Hall–Kier alpha value is -2.06. The van der Waals surface area contributed by atoms with Gasteiger partial charge in [0.15, 0.2) is 0 Å². The quantitative estimate of drug-likeness (QED) is 0.419. The van der Waals surface area contributed by atoms with Crippen molar-refractivity contribution in [2.75, 3.05) is 0 Å². The zero-order valence-corrected chi connectivity index (χ0v) is 15.6. The standard InChI is InChI=1S/C16H11N2O.Na.O3S/c19-15-11-10-12-6-4-5-9-14(12)16(15)18-17-13-7-2-1-3-8-13;;1-4(2)3/h1-2,4-11,19H;;/q-1;+1;. The maximum Gasteiger partial charge on any atom is 1.00 e. The van der Waals surface area contributed by atoms with E-state index in [2.05, 4.69) is 16.3 Å². The molecule has 0 fully saturated rings. The van der Waals surface area contributed by atoms with E-state index in [1.807, 2.05) is 42.5 Å². The molecule has 3 aromatic carbocycles. The molecule has 0 unspecified atom stereocenters. The minimum Gasteiger partial charge on any atom is -0.506 e. The number of fused-ring (bicyclic) bond motifs is 1. The number of nitrogens with zero attached hydrogens (tertiary/aromatic N) is 2. The normalized spacial score (nSPS) is 9.83. The van der Waals surface area contributed by atoms with Crippen LogP contribution in [0.5, 0.6) is 5.75 Å². The molecule has 0 aliphatic heterocycles. The predicted molar refractivity (Wildman–Crippen MR) is 84.8 cm³/mol. The van der Waals surface area contributed by atoms with Gasteiger partial charge in [-0.05, 0) is 17.1 Å². The van der Waals surface area contributed by atoms with Gasteiger partial charge in [-0.25, -0.2) is 5.11 Å². The Morgan fingerprint density at radius 2 is 1.62 bits per heavy atom. The van der Waals surface area contributed by atoms with Gasteiger partial charge in [0.1, 0.15) is 11.4 Å². The van der Waals surface area contributed by atoms with E-state index < -0.39 is 10.6 Å². The van der Waals surface area contributed by atoms with Gasteiger partial charge < -0.3 is 5.11 Å². The van der Waals surface area contributed by atoms with Crippen LogP contribution in [0.2, 0.25) is 0 Å². The summed E-state index contributed by atoms with van der Waals surface area (Å²) in [5.41, 5.74) is 1.19. The average molecular weight is 350 g/mol. The molecule has 0 saturated heterocycles. The minimum atomic E-state index is -3.11. The molecule has 116 valence electrons. The topological polar surface area (TPSA) is 96.2 Å². The van der Waals surface area contributed by atoms with Crippen molar-refractivity contribution in [3.05, 3.63) is 66.7 Å². The van der Waals surface area contributed by atoms with E-state index in [1.54, 1.807) is 18.2 Å². The first-order valence-electron chi connectivity index (χ1n) is 6.43. The fourth-order valence-corrected chi connectivity index (χ4v) is 1.90. The average Bonchev–Trinajstić information content (AvgIpc) is 2.54. The SMILES string of the molecule is O=S(=O)=O.Oc1ccc2ccccc2c1N=Nc1c[c-]ccc1.[Na+]. The first kappa shape index (κ1) is 20.0. The molecule has 0 aliphatic carbocycles. The summed E-state index contributed by atoms with van der Waals surface area (Å²) in [6.07, 6.45) is 0. The van der Waals surface area contributed by atoms with Gasteiger partial charge in [-0.2, -0.15) is 29.4 Å². The summed E-state index contributed by atoms with van der Waals surface area (Å²) in [5, 5.41) is 20.1. The second-order valence-electron chi connectivity index (χ2n) is 4.32. The van der Waals surface area contributed by atoms with Crippen LogP contribution in [-0.4, -0.2) is 17.7 Å². The van der Waals surface area contributed by atoms with E-state index in [0.29, 0.717) is 11.4 Å². The molecule has 0 bridgehead atoms. The van der Waals surface area contributed by atoms with Crippen molar-refractivity contribution < 1.29 is 47.3 Å². The van der Waals surface area contributed by atoms with Crippen molar-refractivity contribution in [3.63, 3.8) is 0 Å². The molecule has 0 amide bonds. The monoisotopic (exact) mass is 350 g/mol. The summed E-state index contributed by atoms with van der Waals surface area (Å²) in [7, 11) is -3.11. The third-order valence-electron chi connectivity index (χ3n) is 2.84. The molecule has 0 heterocycles. The van der Waals surface area contributed by atoms with Crippen LogP contribution in [0.3, 0.4) is 0 Å². The molecule has 8 heteroatoms. The maximum atomic E-state index is 9.92. The summed E-state index contributed by atoms with van der Waals surface area (Å²) < 4.78 is 25.3. The Labute approximate surface area is 162 Å². The smallest absolute Gasteiger partial charge is 0.506 e. The van der Waals surface area contributed by atoms with E-state index >= 15 is 0 Å². The van der Waals surface area contributed by atoms with E-state index in [-0.39, 0.29) is 35.3 Å². The Balaban J connectivity index is 0.000000522. The summed E-state index contributed by atoms with van der Waals surface area (Å²) in [6, 6.07) is 21.4. The van der Waals surface area contributed by atoms with Gasteiger partial charge in [-0.1, -0.05) is 30.3 Å². The van der Waals surface area contributed by atoms with Gasteiger partial charge in [0.2, 0.25) is 0 Å². The fraction of sp³-hybridized carbons (Fsp3) is 0. The molecular weight excluding hydrogens is 339 g/mol. The van der Waals surface area contributed by atoms with Gasteiger partial charge in [0, 0.05) is 5.39 Å². The Morgan fingerprint density at radius 1 is 0.917 bits per heavy atom. The molecule has 1 N–H and O–H groups in total. The Bertz CT molecular complexity index is 938. The number of aromatic hydroxyl groups is 1. The molecule has 24 heavy (non-hydrogen) atoms. The third kappa shape index (κ3) is 5.86. The van der Waals surface area contributed by atoms with Gasteiger partial charge in [0.25, 0.3) is 0 Å². The van der Waals surface area contributed by atoms with Gasteiger partial charge in [0.05, 0.1) is 0 Å². The van der Waals surface area contributed by atoms with Gasteiger partial charge >= 0.3 is 40.2 Å². The molecule has 0 aliphatic rings. The van der Waals surface area contributed by atoms with Crippen LogP contribution in [0.4, 0.5) is 11.4 Å². The zero-order valence-electron chi connectivity index (χ0n) is 12.7. The van der Waals surface area contributed by atoms with Crippen LogP contribution in [0.15, 0.2) is 70.9 Å². The molecule has 3 rings (SSSR count). The first-order chi connectivity index (χ1) is 11.1. The molecule has 0 aromatic heterocycles. The maximum absolute atomic E-state index is 9.92. The number of benzene rings is 3. The molecule has 3 aromatic rings. The molecule has 0 atom stereocenters. The Kier molecular flexibility index (Phi) is 8.28. The van der Waals surface area contributed by atoms with Crippen LogP contribution in [0.1, 0.15) is 0 Å². The minimum absolute atomic E-state index is 0. The third-order valence-corrected chi connectivity index (χ3v) is 2.84. The molecule has 0 saturated carbocycles. The number of rotatable bonds is 2. The van der Waals surface area contributed by atoms with Crippen molar-refractivity contribution in [2.24, 2.45) is 10.2 Å². The number of azo groups is 1. The first-order valence-corrected chi connectivity index (χ1v) is 7.43. The second kappa shape index (κ2) is 9.94. The van der Waals surface area contributed by atoms with Crippen molar-refractivity contribution in [1.29, 1.82) is 0 Å². The molecule has 0 spiro atoms. The summed E-state index contributed by atoms with van der Waals surface area (Å²) >= 11 is 0. The van der Waals surface area contributed by atoms with Crippen molar-refractivity contribution >= 4 is 32.8 Å². The number of phenols is 1. The van der Waals surface area contributed by atoms with Crippen LogP contribution in [0, 0.1) is 6.07 Å². The molecule has 6 nitrogen and oxygen atoms in total. The van der Waals surface area contributed by atoms with Gasteiger partial charge in [-0.15, -0.1) is 18.7 Å². The van der Waals surface area contributed by atoms with Crippen molar-refractivity contribution in [2.45, 2.75) is 0 Å². The summed E-state index contributed by atoms with van der Waals surface area (Å²) in [6.45, 7) is 0.